The van der Waals surface area contributed by atoms with Gasteiger partial charge in [0.05, 0.1) is 13.0 Å². The average molecular weight is 336 g/mol. The molecular weight excluding hydrogens is 317 g/mol. The van der Waals surface area contributed by atoms with Gasteiger partial charge in [0.2, 0.25) is 5.91 Å². The van der Waals surface area contributed by atoms with Crippen molar-refractivity contribution in [2.45, 2.75) is 13.0 Å². The quantitative estimate of drug-likeness (QED) is 0.772. The molecule has 0 aliphatic rings. The van der Waals surface area contributed by atoms with Crippen molar-refractivity contribution in [3.63, 3.8) is 0 Å². The molecule has 0 aliphatic heterocycles. The minimum absolute atomic E-state index is 0.0674. The molecule has 0 saturated heterocycles. The fourth-order valence-electron chi connectivity index (χ4n) is 2.26. The Balaban J connectivity index is 2.13. The molecule has 23 heavy (non-hydrogen) atoms. The third-order valence-electron chi connectivity index (χ3n) is 3.52. The first kappa shape index (κ1) is 17.4. The number of hydrogen-bond donors (Lipinski definition) is 0. The molecule has 0 bridgehead atoms. The van der Waals surface area contributed by atoms with Crippen LogP contribution in [0.3, 0.4) is 0 Å². The highest BCUT2D eigenvalue weighted by Gasteiger charge is 2.18. The molecule has 0 aromatic heterocycles. The summed E-state index contributed by atoms with van der Waals surface area (Å²) in [5, 5.41) is 0.268. The van der Waals surface area contributed by atoms with Crippen LogP contribution in [-0.4, -0.2) is 31.1 Å². The minimum atomic E-state index is -0.461. The van der Waals surface area contributed by atoms with E-state index in [0.29, 0.717) is 19.7 Å². The Bertz CT molecular complexity index is 628. The number of carbonyl (C=O) groups excluding carboxylic acids is 1. The second kappa shape index (κ2) is 8.65. The Kier molecular flexibility index (Phi) is 6.56. The number of halogens is 2. The lowest BCUT2D eigenvalue weighted by molar-refractivity contribution is -0.131. The Morgan fingerprint density at radius 1 is 1.17 bits per heavy atom. The summed E-state index contributed by atoms with van der Waals surface area (Å²) >= 11 is 6.01. The smallest absolute Gasteiger partial charge is 0.227 e. The molecule has 0 radical (unpaired) electrons. The third kappa shape index (κ3) is 5.05. The first-order valence-electron chi connectivity index (χ1n) is 7.35. The van der Waals surface area contributed by atoms with E-state index in [1.165, 1.54) is 12.1 Å². The van der Waals surface area contributed by atoms with Gasteiger partial charge in [-0.2, -0.15) is 0 Å². The van der Waals surface area contributed by atoms with Crippen LogP contribution in [0, 0.1) is 5.82 Å². The highest BCUT2D eigenvalue weighted by molar-refractivity contribution is 6.31. The van der Waals surface area contributed by atoms with Gasteiger partial charge < -0.3 is 9.64 Å². The molecule has 2 aromatic carbocycles. The van der Waals surface area contributed by atoms with Crippen LogP contribution >= 0.6 is 11.6 Å². The third-order valence-corrected chi connectivity index (χ3v) is 3.88. The van der Waals surface area contributed by atoms with Gasteiger partial charge in [-0.1, -0.05) is 48.0 Å². The first-order chi connectivity index (χ1) is 11.1. The van der Waals surface area contributed by atoms with Crippen molar-refractivity contribution in [1.82, 2.24) is 4.90 Å². The van der Waals surface area contributed by atoms with Crippen molar-refractivity contribution in [2.24, 2.45) is 0 Å². The van der Waals surface area contributed by atoms with E-state index in [2.05, 4.69) is 0 Å². The summed E-state index contributed by atoms with van der Waals surface area (Å²) in [6.07, 6.45) is -0.0674. The highest BCUT2D eigenvalue weighted by Crippen LogP contribution is 2.20. The lowest BCUT2D eigenvalue weighted by Crippen LogP contribution is -2.34. The molecule has 3 nitrogen and oxygen atoms in total. The number of ether oxygens (including phenoxy) is 1. The van der Waals surface area contributed by atoms with E-state index in [1.54, 1.807) is 18.1 Å². The van der Waals surface area contributed by atoms with Gasteiger partial charge >= 0.3 is 0 Å². The van der Waals surface area contributed by atoms with E-state index >= 15 is 0 Å². The zero-order valence-corrected chi connectivity index (χ0v) is 13.7. The maximum atomic E-state index is 13.9. The van der Waals surface area contributed by atoms with Crippen LogP contribution in [-0.2, 0) is 22.5 Å². The number of carbonyl (C=O) groups is 1. The SMILES string of the molecule is COCCN(Cc1ccccc1)C(=O)Cc1c(F)cccc1Cl. The van der Waals surface area contributed by atoms with Crippen LogP contribution in [0.4, 0.5) is 4.39 Å². The summed E-state index contributed by atoms with van der Waals surface area (Å²) in [6.45, 7) is 1.31. The maximum Gasteiger partial charge on any atom is 0.227 e. The van der Waals surface area contributed by atoms with Crippen molar-refractivity contribution in [3.05, 3.63) is 70.5 Å². The Hall–Kier alpha value is -1.91. The molecule has 0 atom stereocenters. The van der Waals surface area contributed by atoms with Crippen molar-refractivity contribution in [3.8, 4) is 0 Å². The van der Waals surface area contributed by atoms with Crippen molar-refractivity contribution >= 4 is 17.5 Å². The topological polar surface area (TPSA) is 29.5 Å². The van der Waals surface area contributed by atoms with Crippen molar-refractivity contribution in [1.29, 1.82) is 0 Å². The number of benzene rings is 2. The summed E-state index contributed by atoms with van der Waals surface area (Å²) in [4.78, 5) is 14.2. The second-order valence-corrected chi connectivity index (χ2v) is 5.58. The molecule has 0 aliphatic carbocycles. The van der Waals surface area contributed by atoms with Gasteiger partial charge in [-0.05, 0) is 17.7 Å². The molecule has 0 unspecified atom stereocenters. The summed E-state index contributed by atoms with van der Waals surface area (Å²) in [7, 11) is 1.58. The van der Waals surface area contributed by atoms with Crippen molar-refractivity contribution < 1.29 is 13.9 Å². The number of hydrogen-bond acceptors (Lipinski definition) is 2. The molecule has 0 N–H and O–H groups in total. The zero-order valence-electron chi connectivity index (χ0n) is 13.0. The Labute approximate surface area is 140 Å². The number of rotatable bonds is 7. The molecular formula is C18H19ClFNO2. The van der Waals surface area contributed by atoms with Crippen LogP contribution in [0.15, 0.2) is 48.5 Å². The fourth-order valence-corrected chi connectivity index (χ4v) is 2.49. The van der Waals surface area contributed by atoms with Gasteiger partial charge in [-0.15, -0.1) is 0 Å². The number of nitrogens with zero attached hydrogens (tertiary/aromatic N) is 1. The molecule has 122 valence electrons. The summed E-state index contributed by atoms with van der Waals surface area (Å²) in [5.74, 6) is -0.643. The van der Waals surface area contributed by atoms with E-state index in [0.717, 1.165) is 5.56 Å². The normalized spacial score (nSPS) is 10.6. The van der Waals surface area contributed by atoms with Gasteiger partial charge in [-0.25, -0.2) is 4.39 Å². The first-order valence-corrected chi connectivity index (χ1v) is 7.73. The molecule has 2 rings (SSSR count). The largest absolute Gasteiger partial charge is 0.383 e. The Morgan fingerprint density at radius 2 is 1.91 bits per heavy atom. The van der Waals surface area contributed by atoms with Crippen LogP contribution in [0.5, 0.6) is 0 Å². The minimum Gasteiger partial charge on any atom is -0.383 e. The molecule has 0 spiro atoms. The van der Waals surface area contributed by atoms with Gasteiger partial charge in [0.1, 0.15) is 5.82 Å². The average Bonchev–Trinajstić information content (AvgIpc) is 2.55. The summed E-state index contributed by atoms with van der Waals surface area (Å²) < 4.78 is 18.9. The zero-order chi connectivity index (χ0) is 16.7. The van der Waals surface area contributed by atoms with Crippen LogP contribution in [0.25, 0.3) is 0 Å². The predicted octanol–water partition coefficient (Wildman–Crippen LogP) is 3.70. The summed E-state index contributed by atoms with van der Waals surface area (Å²) in [5.41, 5.74) is 1.24. The molecule has 0 saturated carbocycles. The lowest BCUT2D eigenvalue weighted by atomic mass is 10.1. The van der Waals surface area contributed by atoms with E-state index in [4.69, 9.17) is 16.3 Å². The van der Waals surface area contributed by atoms with Gasteiger partial charge in [0.15, 0.2) is 0 Å². The standard InChI is InChI=1S/C18H19ClFNO2/c1-23-11-10-21(13-14-6-3-2-4-7-14)18(22)12-15-16(19)8-5-9-17(15)20/h2-9H,10-13H2,1H3. The number of amides is 1. The maximum absolute atomic E-state index is 13.9. The fraction of sp³-hybridized carbons (Fsp3) is 0.278. The summed E-state index contributed by atoms with van der Waals surface area (Å²) in [6, 6.07) is 14.1. The van der Waals surface area contributed by atoms with E-state index in [9.17, 15) is 9.18 Å². The van der Waals surface area contributed by atoms with E-state index < -0.39 is 5.82 Å². The molecule has 0 heterocycles. The van der Waals surface area contributed by atoms with E-state index in [1.807, 2.05) is 30.3 Å². The molecule has 0 fully saturated rings. The monoisotopic (exact) mass is 335 g/mol. The van der Waals surface area contributed by atoms with Crippen LogP contribution in [0.1, 0.15) is 11.1 Å². The van der Waals surface area contributed by atoms with Gasteiger partial charge in [0.25, 0.3) is 0 Å². The predicted molar refractivity (Wildman–Crippen MR) is 88.8 cm³/mol. The highest BCUT2D eigenvalue weighted by atomic mass is 35.5. The van der Waals surface area contributed by atoms with Gasteiger partial charge in [0, 0.05) is 30.8 Å². The molecule has 5 heteroatoms. The van der Waals surface area contributed by atoms with Crippen molar-refractivity contribution in [2.75, 3.05) is 20.3 Å². The van der Waals surface area contributed by atoms with E-state index in [-0.39, 0.29) is 22.9 Å². The van der Waals surface area contributed by atoms with Crippen LogP contribution < -0.4 is 0 Å². The van der Waals surface area contributed by atoms with Gasteiger partial charge in [-0.3, -0.25) is 4.79 Å². The molecule has 1 amide bonds. The number of methoxy groups -OCH3 is 1. The molecule has 2 aromatic rings. The lowest BCUT2D eigenvalue weighted by Gasteiger charge is -2.23. The second-order valence-electron chi connectivity index (χ2n) is 5.17. The Morgan fingerprint density at radius 3 is 2.57 bits per heavy atom. The van der Waals surface area contributed by atoms with Crippen LogP contribution in [0.2, 0.25) is 5.02 Å².